The lowest BCUT2D eigenvalue weighted by molar-refractivity contribution is -0.137. The van der Waals surface area contributed by atoms with Crippen molar-refractivity contribution in [2.45, 2.75) is 50.6 Å². The van der Waals surface area contributed by atoms with Crippen molar-refractivity contribution in [3.63, 3.8) is 0 Å². The molecule has 0 saturated heterocycles. The molecule has 1 aromatic carbocycles. The van der Waals surface area contributed by atoms with Crippen molar-refractivity contribution in [3.05, 3.63) is 52.7 Å². The molecule has 0 atom stereocenters. The van der Waals surface area contributed by atoms with Gasteiger partial charge in [0.2, 0.25) is 5.88 Å². The van der Waals surface area contributed by atoms with Crippen LogP contribution in [0.15, 0.2) is 30.5 Å². The van der Waals surface area contributed by atoms with E-state index in [0.29, 0.717) is 31.7 Å². The molecule has 9 nitrogen and oxygen atoms in total. The van der Waals surface area contributed by atoms with E-state index in [1.165, 1.54) is 17.2 Å². The zero-order chi connectivity index (χ0) is 25.1. The fraction of sp³-hybridized carbons (Fsp3) is 0.391. The number of rotatable bonds is 5. The van der Waals surface area contributed by atoms with Gasteiger partial charge in [-0.1, -0.05) is 0 Å². The Morgan fingerprint density at radius 1 is 1.11 bits per heavy atom. The summed E-state index contributed by atoms with van der Waals surface area (Å²) in [5, 5.41) is 0. The first-order valence-corrected chi connectivity index (χ1v) is 10.9. The summed E-state index contributed by atoms with van der Waals surface area (Å²) in [6, 6.07) is 4.30. The largest absolute Gasteiger partial charge is 0.474 e. The van der Waals surface area contributed by atoms with Gasteiger partial charge in [-0.05, 0) is 55.4 Å². The van der Waals surface area contributed by atoms with E-state index in [2.05, 4.69) is 4.98 Å². The first-order valence-electron chi connectivity index (χ1n) is 10.9. The van der Waals surface area contributed by atoms with Gasteiger partial charge in [0.15, 0.2) is 0 Å². The molecule has 12 heteroatoms. The average Bonchev–Trinajstić information content (AvgIpc) is 2.73. The lowest BCUT2D eigenvalue weighted by atomic mass is 9.52. The summed E-state index contributed by atoms with van der Waals surface area (Å²) >= 11 is 0. The number of benzene rings is 1. The van der Waals surface area contributed by atoms with Crippen LogP contribution in [-0.2, 0) is 17.5 Å². The number of carbonyl (C=O) groups excluding carboxylic acids is 3. The zero-order valence-corrected chi connectivity index (χ0v) is 18.3. The molecular weight excluding hydrogens is 469 g/mol. The predicted molar refractivity (Wildman–Crippen MR) is 114 cm³/mol. The molecule has 2 aliphatic carbocycles. The minimum atomic E-state index is -4.69. The predicted octanol–water partition coefficient (Wildman–Crippen LogP) is 3.15. The second kappa shape index (κ2) is 7.85. The summed E-state index contributed by atoms with van der Waals surface area (Å²) in [6.45, 7) is -0.380. The Morgan fingerprint density at radius 3 is 2.43 bits per heavy atom. The number of halogens is 3. The van der Waals surface area contributed by atoms with Gasteiger partial charge in [-0.2, -0.15) is 13.2 Å². The van der Waals surface area contributed by atoms with Crippen LogP contribution in [0.2, 0.25) is 0 Å². The number of alkyl halides is 3. The Balaban J connectivity index is 1.32. The number of aromatic nitrogens is 1. The van der Waals surface area contributed by atoms with Gasteiger partial charge in [-0.15, -0.1) is 0 Å². The molecule has 2 saturated carbocycles. The molecule has 0 radical (unpaired) electrons. The molecule has 3 amide bonds. The van der Waals surface area contributed by atoms with E-state index >= 15 is 0 Å². The van der Waals surface area contributed by atoms with Crippen LogP contribution in [-0.4, -0.2) is 35.0 Å². The minimum absolute atomic E-state index is 0.0771. The third-order valence-electron chi connectivity index (χ3n) is 6.91. The molecule has 184 valence electrons. The summed E-state index contributed by atoms with van der Waals surface area (Å²) in [4.78, 5) is 41.6. The van der Waals surface area contributed by atoms with Gasteiger partial charge < -0.3 is 20.9 Å². The highest BCUT2D eigenvalue weighted by Crippen LogP contribution is 2.59. The highest BCUT2D eigenvalue weighted by atomic mass is 19.4. The fourth-order valence-corrected chi connectivity index (χ4v) is 5.35. The molecule has 1 aromatic heterocycles. The van der Waals surface area contributed by atoms with Crippen LogP contribution in [0.4, 0.5) is 23.7 Å². The summed E-state index contributed by atoms with van der Waals surface area (Å²) < 4.78 is 50.9. The van der Waals surface area contributed by atoms with Gasteiger partial charge in [-0.3, -0.25) is 14.5 Å². The maximum absolute atomic E-state index is 13.3. The number of hydrogen-bond donors (Lipinski definition) is 2. The summed E-state index contributed by atoms with van der Waals surface area (Å²) in [5.74, 6) is -1.54. The molecule has 0 unspecified atom stereocenters. The Morgan fingerprint density at radius 2 is 1.80 bits per heavy atom. The van der Waals surface area contributed by atoms with E-state index in [4.69, 9.17) is 20.9 Å². The van der Waals surface area contributed by atoms with Crippen molar-refractivity contribution in [3.8, 4) is 5.88 Å². The van der Waals surface area contributed by atoms with E-state index in [1.807, 2.05) is 0 Å². The van der Waals surface area contributed by atoms with Gasteiger partial charge in [-0.25, -0.2) is 9.78 Å². The monoisotopic (exact) mass is 490 g/mol. The molecule has 0 bridgehead atoms. The molecule has 5 rings (SSSR count). The lowest BCUT2D eigenvalue weighted by Crippen LogP contribution is -2.61. The van der Waals surface area contributed by atoms with E-state index in [9.17, 15) is 27.6 Å². The smallest absolute Gasteiger partial charge is 0.416 e. The van der Waals surface area contributed by atoms with Crippen LogP contribution in [0.25, 0.3) is 0 Å². The van der Waals surface area contributed by atoms with E-state index in [1.54, 1.807) is 6.07 Å². The zero-order valence-electron chi connectivity index (χ0n) is 18.3. The summed E-state index contributed by atoms with van der Waals surface area (Å²) in [6.07, 6.45) is -1.74. The SMILES string of the molecule is NC(=O)c1cccnc1OC1CC2(C1)CC(N1C(=O)OCc3cc(C(F)(F)F)cc(C(N)=O)c31)C2. The van der Waals surface area contributed by atoms with Crippen LogP contribution in [0.5, 0.6) is 5.88 Å². The summed E-state index contributed by atoms with van der Waals surface area (Å²) in [5.41, 5.74) is 9.57. The third-order valence-corrected chi connectivity index (χ3v) is 6.91. The number of cyclic esters (lactones) is 1. The van der Waals surface area contributed by atoms with Gasteiger partial charge >= 0.3 is 12.3 Å². The first-order chi connectivity index (χ1) is 16.5. The maximum atomic E-state index is 13.3. The van der Waals surface area contributed by atoms with E-state index in [-0.39, 0.29) is 52.4 Å². The standard InChI is InChI=1S/C23H21F3N4O5/c24-23(25,26)12-4-11-10-34-21(33)30(17(11)16(5-12)19(28)32)13-6-22(7-13)8-14(9-22)35-20-15(18(27)31)2-1-3-29-20/h1-5,13-14H,6-10H2,(H2,27,31)(H2,28,32). The summed E-state index contributed by atoms with van der Waals surface area (Å²) in [7, 11) is 0. The van der Waals surface area contributed by atoms with Gasteiger partial charge in [0, 0.05) is 17.8 Å². The molecule has 2 heterocycles. The van der Waals surface area contributed by atoms with Crippen LogP contribution in [0.1, 0.15) is 57.5 Å². The Hall–Kier alpha value is -3.83. The Bertz CT molecular complexity index is 1230. The highest BCUT2D eigenvalue weighted by Gasteiger charge is 2.57. The molecule has 4 N–H and O–H groups in total. The molecule has 1 spiro atoms. The van der Waals surface area contributed by atoms with Crippen molar-refractivity contribution in [1.82, 2.24) is 4.98 Å². The number of fused-ring (bicyclic) bond motifs is 1. The molecule has 35 heavy (non-hydrogen) atoms. The van der Waals surface area contributed by atoms with E-state index < -0.39 is 29.6 Å². The first kappa shape index (κ1) is 22.9. The number of amides is 3. The topological polar surface area (TPSA) is 138 Å². The molecule has 2 fully saturated rings. The van der Waals surface area contributed by atoms with Crippen LogP contribution in [0.3, 0.4) is 0 Å². The Kier molecular flexibility index (Phi) is 5.15. The minimum Gasteiger partial charge on any atom is -0.474 e. The number of carbonyl (C=O) groups is 3. The average molecular weight is 490 g/mol. The molecule has 2 aromatic rings. The third kappa shape index (κ3) is 3.92. The van der Waals surface area contributed by atoms with Crippen molar-refractivity contribution in [2.24, 2.45) is 16.9 Å². The maximum Gasteiger partial charge on any atom is 0.416 e. The van der Waals surface area contributed by atoms with Gasteiger partial charge in [0.05, 0.1) is 16.8 Å². The number of anilines is 1. The Labute approximate surface area is 197 Å². The number of ether oxygens (including phenoxy) is 2. The fourth-order valence-electron chi connectivity index (χ4n) is 5.35. The number of nitrogens with zero attached hydrogens (tertiary/aromatic N) is 2. The quantitative estimate of drug-likeness (QED) is 0.661. The van der Waals surface area contributed by atoms with Crippen molar-refractivity contribution in [2.75, 3.05) is 4.90 Å². The van der Waals surface area contributed by atoms with Crippen LogP contribution in [0, 0.1) is 5.41 Å². The second-order valence-electron chi connectivity index (χ2n) is 9.25. The lowest BCUT2D eigenvalue weighted by Gasteiger charge is -2.59. The van der Waals surface area contributed by atoms with Gasteiger partial charge in [0.25, 0.3) is 11.8 Å². The number of nitrogens with two attached hydrogens (primary N) is 2. The normalized spacial score (nSPS) is 25.2. The van der Waals surface area contributed by atoms with Crippen LogP contribution >= 0.6 is 0 Å². The molecule has 1 aliphatic heterocycles. The van der Waals surface area contributed by atoms with E-state index in [0.717, 1.165) is 6.07 Å². The molecule has 3 aliphatic rings. The van der Waals surface area contributed by atoms with Crippen molar-refractivity contribution < 1.29 is 37.0 Å². The van der Waals surface area contributed by atoms with Crippen LogP contribution < -0.4 is 21.1 Å². The molecular formula is C23H21F3N4O5. The van der Waals surface area contributed by atoms with Crippen molar-refractivity contribution in [1.29, 1.82) is 0 Å². The highest BCUT2D eigenvalue weighted by molar-refractivity contribution is 6.05. The number of pyridine rings is 1. The van der Waals surface area contributed by atoms with Crippen molar-refractivity contribution >= 4 is 23.6 Å². The van der Waals surface area contributed by atoms with Gasteiger partial charge in [0.1, 0.15) is 18.3 Å². The number of primary amides is 2. The number of hydrogen-bond acceptors (Lipinski definition) is 6. The second-order valence-corrected chi connectivity index (χ2v) is 9.25.